The smallest absolute Gasteiger partial charge is 0.270 e. The molecule has 94 valence electrons. The maximum Gasteiger partial charge on any atom is 0.270 e. The lowest BCUT2D eigenvalue weighted by molar-refractivity contribution is 0.0646. The summed E-state index contributed by atoms with van der Waals surface area (Å²) >= 11 is 0. The summed E-state index contributed by atoms with van der Waals surface area (Å²) in [4.78, 5) is 17.5. The number of nitrogens with one attached hydrogen (secondary N) is 1. The maximum atomic E-state index is 12.3. The topological polar surface area (TPSA) is 36.1 Å². The Hall–Kier alpha value is -1.77. The van der Waals surface area contributed by atoms with Crippen LogP contribution in [0.5, 0.6) is 0 Å². The predicted octanol–water partition coefficient (Wildman–Crippen LogP) is 2.94. The summed E-state index contributed by atoms with van der Waals surface area (Å²) in [5.41, 5.74) is 5.39. The molecule has 0 atom stereocenters. The van der Waals surface area contributed by atoms with Crippen LogP contribution in [-0.4, -0.2) is 28.9 Å². The first kappa shape index (κ1) is 11.3. The van der Waals surface area contributed by atoms with E-state index in [9.17, 15) is 4.79 Å². The van der Waals surface area contributed by atoms with Gasteiger partial charge in [0.05, 0.1) is 0 Å². The minimum absolute atomic E-state index is 0.145. The molecule has 1 N–H and O–H groups in total. The SMILES string of the molecule is Cc1cc(C)c2c(C)c(C(=O)N3CCC3)[nH]c2c1. The molecule has 1 aliphatic heterocycles. The molecule has 1 saturated heterocycles. The van der Waals surface area contributed by atoms with Crippen molar-refractivity contribution in [2.75, 3.05) is 13.1 Å². The number of amides is 1. The van der Waals surface area contributed by atoms with E-state index < -0.39 is 0 Å². The Morgan fingerprint density at radius 2 is 1.94 bits per heavy atom. The Morgan fingerprint density at radius 3 is 2.56 bits per heavy atom. The van der Waals surface area contributed by atoms with Crippen LogP contribution in [0.2, 0.25) is 0 Å². The number of hydrogen-bond acceptors (Lipinski definition) is 1. The summed E-state index contributed by atoms with van der Waals surface area (Å²) in [6.45, 7) is 8.01. The van der Waals surface area contributed by atoms with E-state index in [1.54, 1.807) is 0 Å². The van der Waals surface area contributed by atoms with Crippen LogP contribution in [0.15, 0.2) is 12.1 Å². The number of H-pyrrole nitrogens is 1. The van der Waals surface area contributed by atoms with Gasteiger partial charge in [0.15, 0.2) is 0 Å². The number of likely N-dealkylation sites (tertiary alicyclic amines) is 1. The molecule has 1 fully saturated rings. The van der Waals surface area contributed by atoms with Gasteiger partial charge in [-0.15, -0.1) is 0 Å². The van der Waals surface area contributed by atoms with Crippen LogP contribution in [-0.2, 0) is 0 Å². The Morgan fingerprint density at radius 1 is 1.22 bits per heavy atom. The van der Waals surface area contributed by atoms with Crippen molar-refractivity contribution in [2.24, 2.45) is 0 Å². The van der Waals surface area contributed by atoms with E-state index in [2.05, 4.69) is 31.0 Å². The quantitative estimate of drug-likeness (QED) is 0.820. The molecule has 1 aliphatic rings. The van der Waals surface area contributed by atoms with Gasteiger partial charge in [-0.05, 0) is 49.9 Å². The Bertz CT molecular complexity index is 635. The van der Waals surface area contributed by atoms with Gasteiger partial charge in [0.1, 0.15) is 5.69 Å². The lowest BCUT2D eigenvalue weighted by Gasteiger charge is -2.30. The van der Waals surface area contributed by atoms with Gasteiger partial charge in [0, 0.05) is 24.0 Å². The largest absolute Gasteiger partial charge is 0.350 e. The van der Waals surface area contributed by atoms with Crippen molar-refractivity contribution in [3.05, 3.63) is 34.5 Å². The third kappa shape index (κ3) is 1.54. The van der Waals surface area contributed by atoms with E-state index in [4.69, 9.17) is 0 Å². The van der Waals surface area contributed by atoms with Crippen molar-refractivity contribution in [3.8, 4) is 0 Å². The molecule has 2 aromatic rings. The number of carbonyl (C=O) groups is 1. The fraction of sp³-hybridized carbons (Fsp3) is 0.400. The van der Waals surface area contributed by atoms with Gasteiger partial charge in [-0.1, -0.05) is 6.07 Å². The van der Waals surface area contributed by atoms with E-state index in [0.29, 0.717) is 0 Å². The second kappa shape index (κ2) is 3.87. The average molecular weight is 242 g/mol. The normalized spacial score (nSPS) is 14.9. The van der Waals surface area contributed by atoms with Crippen molar-refractivity contribution in [3.63, 3.8) is 0 Å². The monoisotopic (exact) mass is 242 g/mol. The molecule has 3 rings (SSSR count). The van der Waals surface area contributed by atoms with Gasteiger partial charge >= 0.3 is 0 Å². The van der Waals surface area contributed by atoms with Crippen molar-refractivity contribution in [2.45, 2.75) is 27.2 Å². The molecule has 0 radical (unpaired) electrons. The number of hydrogen-bond donors (Lipinski definition) is 1. The van der Waals surface area contributed by atoms with Crippen LogP contribution in [0.1, 0.15) is 33.6 Å². The van der Waals surface area contributed by atoms with Crippen LogP contribution in [0.25, 0.3) is 10.9 Å². The number of rotatable bonds is 1. The molecule has 0 spiro atoms. The number of aryl methyl sites for hydroxylation is 3. The zero-order chi connectivity index (χ0) is 12.9. The lowest BCUT2D eigenvalue weighted by atomic mass is 10.0. The lowest BCUT2D eigenvalue weighted by Crippen LogP contribution is -2.42. The standard InChI is InChI=1S/C15H18N2O/c1-9-7-10(2)13-11(3)14(16-12(13)8-9)15(18)17-5-4-6-17/h7-8,16H,4-6H2,1-3H3. The first-order chi connectivity index (χ1) is 8.58. The highest BCUT2D eigenvalue weighted by molar-refractivity contribution is 6.02. The number of carbonyl (C=O) groups excluding carboxylic acids is 1. The second-order valence-corrected chi connectivity index (χ2v) is 5.28. The summed E-state index contributed by atoms with van der Waals surface area (Å²) in [5.74, 6) is 0.145. The predicted molar refractivity (Wildman–Crippen MR) is 73.0 cm³/mol. The number of aromatic nitrogens is 1. The van der Waals surface area contributed by atoms with Crippen molar-refractivity contribution < 1.29 is 4.79 Å². The number of fused-ring (bicyclic) bond motifs is 1. The maximum absolute atomic E-state index is 12.3. The first-order valence-corrected chi connectivity index (χ1v) is 6.46. The minimum Gasteiger partial charge on any atom is -0.350 e. The van der Waals surface area contributed by atoms with Gasteiger partial charge in [-0.3, -0.25) is 4.79 Å². The van der Waals surface area contributed by atoms with E-state index in [1.165, 1.54) is 16.5 Å². The summed E-state index contributed by atoms with van der Waals surface area (Å²) in [7, 11) is 0. The Kier molecular flexibility index (Phi) is 2.44. The Balaban J connectivity index is 2.16. The van der Waals surface area contributed by atoms with Crippen LogP contribution < -0.4 is 0 Å². The first-order valence-electron chi connectivity index (χ1n) is 6.46. The molecule has 0 saturated carbocycles. The Labute approximate surface area is 107 Å². The molecule has 1 amide bonds. The molecule has 3 nitrogen and oxygen atoms in total. The van der Waals surface area contributed by atoms with E-state index in [1.807, 2.05) is 11.8 Å². The van der Waals surface area contributed by atoms with Crippen molar-refractivity contribution in [1.82, 2.24) is 9.88 Å². The van der Waals surface area contributed by atoms with E-state index in [-0.39, 0.29) is 5.91 Å². The van der Waals surface area contributed by atoms with E-state index in [0.717, 1.165) is 36.3 Å². The van der Waals surface area contributed by atoms with Crippen LogP contribution in [0, 0.1) is 20.8 Å². The molecule has 0 bridgehead atoms. The third-order valence-electron chi connectivity index (χ3n) is 3.85. The summed E-state index contributed by atoms with van der Waals surface area (Å²) in [6, 6.07) is 4.28. The van der Waals surface area contributed by atoms with Gasteiger partial charge in [-0.25, -0.2) is 0 Å². The van der Waals surface area contributed by atoms with Gasteiger partial charge in [0.2, 0.25) is 0 Å². The molecule has 0 aliphatic carbocycles. The highest BCUT2D eigenvalue weighted by atomic mass is 16.2. The number of benzene rings is 1. The molecule has 0 unspecified atom stereocenters. The summed E-state index contributed by atoms with van der Waals surface area (Å²) < 4.78 is 0. The zero-order valence-corrected chi connectivity index (χ0v) is 11.1. The molecular formula is C15H18N2O. The molecule has 18 heavy (non-hydrogen) atoms. The van der Waals surface area contributed by atoms with Gasteiger partial charge in [0.25, 0.3) is 5.91 Å². The van der Waals surface area contributed by atoms with Crippen LogP contribution in [0.3, 0.4) is 0 Å². The second-order valence-electron chi connectivity index (χ2n) is 5.28. The molecule has 1 aromatic heterocycles. The average Bonchev–Trinajstić information content (AvgIpc) is 2.52. The zero-order valence-electron chi connectivity index (χ0n) is 11.1. The number of nitrogens with zero attached hydrogens (tertiary/aromatic N) is 1. The molecule has 1 aromatic carbocycles. The third-order valence-corrected chi connectivity index (χ3v) is 3.85. The highest BCUT2D eigenvalue weighted by Crippen LogP contribution is 2.27. The number of aromatic amines is 1. The van der Waals surface area contributed by atoms with Gasteiger partial charge < -0.3 is 9.88 Å². The molecule has 3 heteroatoms. The van der Waals surface area contributed by atoms with E-state index >= 15 is 0 Å². The fourth-order valence-corrected chi connectivity index (χ4v) is 2.81. The fourth-order valence-electron chi connectivity index (χ4n) is 2.81. The molecular weight excluding hydrogens is 224 g/mol. The van der Waals surface area contributed by atoms with Crippen LogP contribution >= 0.6 is 0 Å². The van der Waals surface area contributed by atoms with Crippen molar-refractivity contribution in [1.29, 1.82) is 0 Å². The molecule has 2 heterocycles. The summed E-state index contributed by atoms with van der Waals surface area (Å²) in [5, 5.41) is 1.20. The van der Waals surface area contributed by atoms with Crippen molar-refractivity contribution >= 4 is 16.8 Å². The van der Waals surface area contributed by atoms with Gasteiger partial charge in [-0.2, -0.15) is 0 Å². The summed E-state index contributed by atoms with van der Waals surface area (Å²) in [6.07, 6.45) is 1.13. The van der Waals surface area contributed by atoms with Crippen LogP contribution in [0.4, 0.5) is 0 Å². The highest BCUT2D eigenvalue weighted by Gasteiger charge is 2.25. The minimum atomic E-state index is 0.145.